The van der Waals surface area contributed by atoms with Crippen LogP contribution in [0.3, 0.4) is 0 Å². The van der Waals surface area contributed by atoms with E-state index in [9.17, 15) is 13.2 Å². The minimum atomic E-state index is -3.57. The average molecular weight is 449 g/mol. The summed E-state index contributed by atoms with van der Waals surface area (Å²) in [5.74, 6) is -0.118. The Kier molecular flexibility index (Phi) is 6.89. The first-order valence-electron chi connectivity index (χ1n) is 9.21. The van der Waals surface area contributed by atoms with Gasteiger partial charge in [0.2, 0.25) is 10.0 Å². The molecule has 0 saturated carbocycles. The predicted octanol–water partition coefficient (Wildman–Crippen LogP) is 4.68. The van der Waals surface area contributed by atoms with Crippen LogP contribution in [-0.2, 0) is 23.1 Å². The van der Waals surface area contributed by atoms with Crippen molar-refractivity contribution in [3.8, 4) is 0 Å². The number of hydrogen-bond donors (Lipinski definition) is 0. The van der Waals surface area contributed by atoms with E-state index in [1.165, 1.54) is 16.4 Å². The highest BCUT2D eigenvalue weighted by molar-refractivity contribution is 7.89. The van der Waals surface area contributed by atoms with Crippen LogP contribution in [0, 0.1) is 0 Å². The van der Waals surface area contributed by atoms with E-state index in [-0.39, 0.29) is 16.8 Å². The molecule has 2 aromatic heterocycles. The topological polar surface area (TPSA) is 57.7 Å². The number of amides is 1. The fraction of sp³-hybridized carbons (Fsp3) is 0.286. The van der Waals surface area contributed by atoms with Gasteiger partial charge in [-0.25, -0.2) is 8.42 Å². The van der Waals surface area contributed by atoms with E-state index in [1.54, 1.807) is 46.8 Å². The fourth-order valence-electron chi connectivity index (χ4n) is 2.78. The van der Waals surface area contributed by atoms with Crippen molar-refractivity contribution in [3.05, 3.63) is 74.6 Å². The van der Waals surface area contributed by atoms with Gasteiger partial charge in [0, 0.05) is 28.4 Å². The van der Waals surface area contributed by atoms with Crippen molar-refractivity contribution in [2.24, 2.45) is 0 Å². The molecule has 0 aliphatic rings. The number of benzene rings is 1. The first kappa shape index (κ1) is 21.7. The molecule has 0 unspecified atom stereocenters. The van der Waals surface area contributed by atoms with E-state index < -0.39 is 10.0 Å². The molecule has 5 nitrogen and oxygen atoms in total. The Hall–Kier alpha value is -2.00. The lowest BCUT2D eigenvalue weighted by Gasteiger charge is -2.23. The molecule has 154 valence electrons. The Morgan fingerprint density at radius 1 is 0.931 bits per heavy atom. The highest BCUT2D eigenvalue weighted by atomic mass is 32.2. The standard InChI is InChI=1S/C21H24N2O3S3/c1-16(2)22(3)29(25,26)20-10-8-17(9-11-20)21(24)23(14-18-6-4-12-27-18)15-19-7-5-13-28-19/h4-13,16H,14-15H2,1-3H3. The summed E-state index contributed by atoms with van der Waals surface area (Å²) in [6.07, 6.45) is 0. The van der Waals surface area contributed by atoms with Crippen molar-refractivity contribution in [1.82, 2.24) is 9.21 Å². The predicted molar refractivity (Wildman–Crippen MR) is 119 cm³/mol. The Labute approximate surface area is 180 Å². The molecule has 0 spiro atoms. The SMILES string of the molecule is CC(C)N(C)S(=O)(=O)c1ccc(C(=O)N(Cc2cccs2)Cc2cccs2)cc1. The maximum Gasteiger partial charge on any atom is 0.254 e. The highest BCUT2D eigenvalue weighted by Gasteiger charge is 2.24. The Morgan fingerprint density at radius 2 is 1.45 bits per heavy atom. The van der Waals surface area contributed by atoms with E-state index in [4.69, 9.17) is 0 Å². The number of carbonyl (C=O) groups is 1. The Balaban J connectivity index is 1.83. The van der Waals surface area contributed by atoms with Gasteiger partial charge in [-0.15, -0.1) is 22.7 Å². The molecule has 0 bridgehead atoms. The van der Waals surface area contributed by atoms with Gasteiger partial charge < -0.3 is 4.90 Å². The van der Waals surface area contributed by atoms with Crippen molar-refractivity contribution in [2.45, 2.75) is 37.9 Å². The summed E-state index contributed by atoms with van der Waals surface area (Å²) in [6.45, 7) is 4.68. The maximum absolute atomic E-state index is 13.2. The summed E-state index contributed by atoms with van der Waals surface area (Å²) in [5.41, 5.74) is 0.476. The second-order valence-electron chi connectivity index (χ2n) is 6.96. The fourth-order valence-corrected chi connectivity index (χ4v) is 5.58. The molecule has 0 N–H and O–H groups in total. The van der Waals surface area contributed by atoms with Crippen LogP contribution in [0.1, 0.15) is 34.0 Å². The van der Waals surface area contributed by atoms with Gasteiger partial charge in [-0.05, 0) is 61.0 Å². The zero-order chi connectivity index (χ0) is 21.0. The van der Waals surface area contributed by atoms with Gasteiger partial charge in [-0.1, -0.05) is 12.1 Å². The average Bonchev–Trinajstić information content (AvgIpc) is 3.40. The monoisotopic (exact) mass is 448 g/mol. The molecular weight excluding hydrogens is 424 g/mol. The number of thiophene rings is 2. The Bertz CT molecular complexity index is 989. The molecule has 0 aliphatic heterocycles. The summed E-state index contributed by atoms with van der Waals surface area (Å²) in [4.78, 5) is 17.4. The van der Waals surface area contributed by atoms with Gasteiger partial charge in [0.1, 0.15) is 0 Å². The van der Waals surface area contributed by atoms with Crippen LogP contribution in [-0.4, -0.2) is 36.6 Å². The number of hydrogen-bond acceptors (Lipinski definition) is 5. The molecule has 0 aliphatic carbocycles. The zero-order valence-electron chi connectivity index (χ0n) is 16.6. The number of sulfonamides is 1. The molecule has 0 saturated heterocycles. The van der Waals surface area contributed by atoms with E-state index in [1.807, 2.05) is 48.9 Å². The summed E-state index contributed by atoms with van der Waals surface area (Å²) >= 11 is 3.23. The molecule has 8 heteroatoms. The molecular formula is C21H24N2O3S3. The lowest BCUT2D eigenvalue weighted by atomic mass is 10.2. The molecule has 1 aromatic carbocycles. The normalized spacial score (nSPS) is 11.9. The van der Waals surface area contributed by atoms with E-state index in [2.05, 4.69) is 0 Å². The minimum Gasteiger partial charge on any atom is -0.328 e. The number of rotatable bonds is 8. The molecule has 0 atom stereocenters. The van der Waals surface area contributed by atoms with Crippen LogP contribution in [0.5, 0.6) is 0 Å². The van der Waals surface area contributed by atoms with Gasteiger partial charge >= 0.3 is 0 Å². The van der Waals surface area contributed by atoms with Crippen molar-refractivity contribution >= 4 is 38.6 Å². The van der Waals surface area contributed by atoms with Crippen LogP contribution in [0.25, 0.3) is 0 Å². The maximum atomic E-state index is 13.2. The lowest BCUT2D eigenvalue weighted by molar-refractivity contribution is 0.0733. The summed E-state index contributed by atoms with van der Waals surface area (Å²) in [5, 5.41) is 3.99. The van der Waals surface area contributed by atoms with Gasteiger partial charge in [-0.2, -0.15) is 4.31 Å². The first-order chi connectivity index (χ1) is 13.8. The molecule has 29 heavy (non-hydrogen) atoms. The summed E-state index contributed by atoms with van der Waals surface area (Å²) < 4.78 is 26.6. The third-order valence-corrected chi connectivity index (χ3v) is 8.42. The summed E-state index contributed by atoms with van der Waals surface area (Å²) in [7, 11) is -2.01. The third-order valence-electron chi connectivity index (χ3n) is 4.65. The molecule has 0 radical (unpaired) electrons. The van der Waals surface area contributed by atoms with Crippen molar-refractivity contribution < 1.29 is 13.2 Å². The van der Waals surface area contributed by atoms with Gasteiger partial charge in [0.15, 0.2) is 0 Å². The number of nitrogens with zero attached hydrogens (tertiary/aromatic N) is 2. The van der Waals surface area contributed by atoms with E-state index in [0.29, 0.717) is 18.7 Å². The third kappa shape index (κ3) is 5.14. The second kappa shape index (κ2) is 9.21. The van der Waals surface area contributed by atoms with Crippen LogP contribution in [0.2, 0.25) is 0 Å². The van der Waals surface area contributed by atoms with Crippen LogP contribution in [0.15, 0.2) is 64.2 Å². The van der Waals surface area contributed by atoms with Gasteiger partial charge in [0.05, 0.1) is 18.0 Å². The molecule has 3 aromatic rings. The molecule has 3 rings (SSSR count). The van der Waals surface area contributed by atoms with Crippen LogP contribution in [0.4, 0.5) is 0 Å². The smallest absolute Gasteiger partial charge is 0.254 e. The summed E-state index contributed by atoms with van der Waals surface area (Å²) in [6, 6.07) is 14.0. The molecule has 2 heterocycles. The van der Waals surface area contributed by atoms with Crippen molar-refractivity contribution in [1.29, 1.82) is 0 Å². The molecule has 1 amide bonds. The van der Waals surface area contributed by atoms with E-state index in [0.717, 1.165) is 9.75 Å². The quantitative estimate of drug-likeness (QED) is 0.503. The van der Waals surface area contributed by atoms with Crippen molar-refractivity contribution in [3.63, 3.8) is 0 Å². The minimum absolute atomic E-state index is 0.118. The number of carbonyl (C=O) groups excluding carboxylic acids is 1. The van der Waals surface area contributed by atoms with Crippen LogP contribution < -0.4 is 0 Å². The Morgan fingerprint density at radius 3 is 1.86 bits per heavy atom. The lowest BCUT2D eigenvalue weighted by Crippen LogP contribution is -2.33. The first-order valence-corrected chi connectivity index (χ1v) is 12.4. The van der Waals surface area contributed by atoms with Gasteiger partial charge in [0.25, 0.3) is 5.91 Å². The van der Waals surface area contributed by atoms with Crippen LogP contribution >= 0.6 is 22.7 Å². The largest absolute Gasteiger partial charge is 0.328 e. The molecule has 0 fully saturated rings. The van der Waals surface area contributed by atoms with Gasteiger partial charge in [-0.3, -0.25) is 4.79 Å². The second-order valence-corrected chi connectivity index (χ2v) is 11.0. The van der Waals surface area contributed by atoms with E-state index >= 15 is 0 Å². The zero-order valence-corrected chi connectivity index (χ0v) is 19.1. The van der Waals surface area contributed by atoms with Crippen molar-refractivity contribution in [2.75, 3.05) is 7.05 Å². The highest BCUT2D eigenvalue weighted by Crippen LogP contribution is 2.21.